The van der Waals surface area contributed by atoms with E-state index in [1.165, 1.54) is 27.7 Å². The van der Waals surface area contributed by atoms with Gasteiger partial charge in [-0.05, 0) is 10.4 Å². The third kappa shape index (κ3) is 1.74. The van der Waals surface area contributed by atoms with E-state index in [1.54, 1.807) is 0 Å². The van der Waals surface area contributed by atoms with Gasteiger partial charge >= 0.3 is 5.97 Å². The molecular weight excluding hydrogens is 206 g/mol. The van der Waals surface area contributed by atoms with E-state index in [1.807, 2.05) is 0 Å². The second kappa shape index (κ2) is 3.50. The molecular formula is C6H5N5O2S. The number of aromatic carboxylic acids is 1. The standard InChI is InChI=1S/C6H5N5O2S/c12-6(13)4-2-14-5(8-4)1-11-3-7-9-10-11/h2-3H,1H2,(H,12,13). The molecule has 0 unspecified atom stereocenters. The van der Waals surface area contributed by atoms with Crippen LogP contribution in [0.25, 0.3) is 0 Å². The van der Waals surface area contributed by atoms with Crippen molar-refractivity contribution in [3.8, 4) is 0 Å². The molecule has 14 heavy (non-hydrogen) atoms. The quantitative estimate of drug-likeness (QED) is 0.760. The van der Waals surface area contributed by atoms with E-state index >= 15 is 0 Å². The van der Waals surface area contributed by atoms with E-state index in [2.05, 4.69) is 20.5 Å². The SMILES string of the molecule is O=C(O)c1csc(Cn2cnnn2)n1. The highest BCUT2D eigenvalue weighted by atomic mass is 32.1. The lowest BCUT2D eigenvalue weighted by Gasteiger charge is -1.92. The smallest absolute Gasteiger partial charge is 0.355 e. The normalized spacial score (nSPS) is 10.3. The van der Waals surface area contributed by atoms with Gasteiger partial charge in [0.1, 0.15) is 11.3 Å². The van der Waals surface area contributed by atoms with E-state index in [0.717, 1.165) is 0 Å². The summed E-state index contributed by atoms with van der Waals surface area (Å²) in [5.41, 5.74) is 0.0538. The lowest BCUT2D eigenvalue weighted by molar-refractivity contribution is 0.0691. The van der Waals surface area contributed by atoms with Gasteiger partial charge in [-0.1, -0.05) is 0 Å². The number of carboxylic acid groups (broad SMARTS) is 1. The maximum absolute atomic E-state index is 10.5. The minimum absolute atomic E-state index is 0.0538. The fourth-order valence-corrected chi connectivity index (χ4v) is 1.63. The Morgan fingerprint density at radius 2 is 2.50 bits per heavy atom. The molecule has 0 aliphatic carbocycles. The van der Waals surface area contributed by atoms with Crippen molar-refractivity contribution < 1.29 is 9.90 Å². The van der Waals surface area contributed by atoms with E-state index in [-0.39, 0.29) is 5.69 Å². The van der Waals surface area contributed by atoms with Gasteiger partial charge in [0.15, 0.2) is 5.69 Å². The summed E-state index contributed by atoms with van der Waals surface area (Å²) in [6, 6.07) is 0. The van der Waals surface area contributed by atoms with Crippen LogP contribution < -0.4 is 0 Å². The Morgan fingerprint density at radius 3 is 3.07 bits per heavy atom. The second-order valence-electron chi connectivity index (χ2n) is 2.44. The average Bonchev–Trinajstić information content (AvgIpc) is 2.75. The average molecular weight is 211 g/mol. The first-order valence-corrected chi connectivity index (χ1v) is 4.52. The first-order chi connectivity index (χ1) is 6.75. The maximum Gasteiger partial charge on any atom is 0.355 e. The van der Waals surface area contributed by atoms with Crippen molar-refractivity contribution in [3.63, 3.8) is 0 Å². The molecule has 2 aromatic heterocycles. The number of nitrogens with zero attached hydrogens (tertiary/aromatic N) is 5. The molecule has 0 bridgehead atoms. The zero-order valence-electron chi connectivity index (χ0n) is 6.86. The molecule has 0 aliphatic rings. The molecule has 0 aromatic carbocycles. The Bertz CT molecular complexity index is 437. The molecule has 0 aliphatic heterocycles. The molecule has 7 nitrogen and oxygen atoms in total. The third-order valence-electron chi connectivity index (χ3n) is 1.46. The van der Waals surface area contributed by atoms with Gasteiger partial charge in [-0.25, -0.2) is 14.5 Å². The van der Waals surface area contributed by atoms with Crippen LogP contribution in [0.2, 0.25) is 0 Å². The van der Waals surface area contributed by atoms with Crippen molar-refractivity contribution in [2.75, 3.05) is 0 Å². The summed E-state index contributed by atoms with van der Waals surface area (Å²) >= 11 is 1.27. The summed E-state index contributed by atoms with van der Waals surface area (Å²) in [7, 11) is 0. The highest BCUT2D eigenvalue weighted by Gasteiger charge is 2.08. The largest absolute Gasteiger partial charge is 0.476 e. The van der Waals surface area contributed by atoms with Crippen LogP contribution in [0.3, 0.4) is 0 Å². The van der Waals surface area contributed by atoms with Gasteiger partial charge in [-0.2, -0.15) is 0 Å². The Morgan fingerprint density at radius 1 is 1.64 bits per heavy atom. The van der Waals surface area contributed by atoms with Crippen LogP contribution in [0.5, 0.6) is 0 Å². The number of aromatic nitrogens is 5. The summed E-state index contributed by atoms with van der Waals surface area (Å²) in [5.74, 6) is -1.02. The van der Waals surface area contributed by atoms with Crippen molar-refractivity contribution >= 4 is 17.3 Å². The lowest BCUT2D eigenvalue weighted by Crippen LogP contribution is -2.02. The van der Waals surface area contributed by atoms with Crippen LogP contribution >= 0.6 is 11.3 Å². The number of hydrogen-bond acceptors (Lipinski definition) is 6. The Hall–Kier alpha value is -1.83. The third-order valence-corrected chi connectivity index (χ3v) is 2.29. The molecule has 2 rings (SSSR count). The van der Waals surface area contributed by atoms with Crippen molar-refractivity contribution in [1.82, 2.24) is 25.2 Å². The molecule has 0 spiro atoms. The van der Waals surface area contributed by atoms with Crippen LogP contribution in [-0.4, -0.2) is 36.3 Å². The summed E-state index contributed by atoms with van der Waals surface area (Å²) in [6.45, 7) is 0.394. The number of hydrogen-bond donors (Lipinski definition) is 1. The predicted molar refractivity (Wildman–Crippen MR) is 46.0 cm³/mol. The van der Waals surface area contributed by atoms with Crippen LogP contribution in [0.15, 0.2) is 11.7 Å². The Balaban J connectivity index is 2.14. The van der Waals surface area contributed by atoms with Gasteiger partial charge in [0.05, 0.1) is 6.54 Å². The molecule has 2 aromatic rings. The van der Waals surface area contributed by atoms with Gasteiger partial charge in [-0.3, -0.25) is 0 Å². The van der Waals surface area contributed by atoms with Crippen molar-refractivity contribution in [3.05, 3.63) is 22.4 Å². The second-order valence-corrected chi connectivity index (χ2v) is 3.38. The zero-order chi connectivity index (χ0) is 9.97. The Labute approximate surface area is 82.0 Å². The molecule has 0 amide bonds. The number of carbonyl (C=O) groups is 1. The van der Waals surface area contributed by atoms with Gasteiger partial charge < -0.3 is 5.11 Å². The lowest BCUT2D eigenvalue weighted by atomic mass is 10.5. The fraction of sp³-hybridized carbons (Fsp3) is 0.167. The molecule has 8 heteroatoms. The summed E-state index contributed by atoms with van der Waals surface area (Å²) in [4.78, 5) is 14.4. The number of rotatable bonds is 3. The number of tetrazole rings is 1. The minimum Gasteiger partial charge on any atom is -0.476 e. The van der Waals surface area contributed by atoms with E-state index < -0.39 is 5.97 Å². The summed E-state index contributed by atoms with van der Waals surface area (Å²) in [6.07, 6.45) is 1.45. The monoisotopic (exact) mass is 211 g/mol. The highest BCUT2D eigenvalue weighted by molar-refractivity contribution is 7.09. The topological polar surface area (TPSA) is 93.8 Å². The van der Waals surface area contributed by atoms with Crippen LogP contribution in [0.4, 0.5) is 0 Å². The van der Waals surface area contributed by atoms with Gasteiger partial charge in [-0.15, -0.1) is 16.4 Å². The Kier molecular flexibility index (Phi) is 2.19. The highest BCUT2D eigenvalue weighted by Crippen LogP contribution is 2.10. The van der Waals surface area contributed by atoms with Gasteiger partial charge in [0.2, 0.25) is 0 Å². The first-order valence-electron chi connectivity index (χ1n) is 3.64. The van der Waals surface area contributed by atoms with Crippen molar-refractivity contribution in [2.24, 2.45) is 0 Å². The van der Waals surface area contributed by atoms with E-state index in [0.29, 0.717) is 11.6 Å². The van der Waals surface area contributed by atoms with E-state index in [4.69, 9.17) is 5.11 Å². The van der Waals surface area contributed by atoms with Gasteiger partial charge in [0.25, 0.3) is 0 Å². The molecule has 72 valence electrons. The molecule has 0 saturated carbocycles. The minimum atomic E-state index is -1.02. The molecule has 1 N–H and O–H groups in total. The van der Waals surface area contributed by atoms with E-state index in [9.17, 15) is 4.79 Å². The van der Waals surface area contributed by atoms with Crippen molar-refractivity contribution in [2.45, 2.75) is 6.54 Å². The number of carboxylic acids is 1. The predicted octanol–water partition coefficient (Wildman–Crippen LogP) is -0.124. The summed E-state index contributed by atoms with van der Waals surface area (Å²) in [5, 5.41) is 21.3. The molecule has 0 fully saturated rings. The van der Waals surface area contributed by atoms with Crippen LogP contribution in [0, 0.1) is 0 Å². The molecule has 0 saturated heterocycles. The van der Waals surface area contributed by atoms with Crippen LogP contribution in [0.1, 0.15) is 15.5 Å². The first kappa shape index (κ1) is 8.75. The van der Waals surface area contributed by atoms with Crippen LogP contribution in [-0.2, 0) is 6.54 Å². The molecule has 0 atom stereocenters. The maximum atomic E-state index is 10.5. The molecule has 2 heterocycles. The number of thiazole rings is 1. The fourth-order valence-electron chi connectivity index (χ4n) is 0.873. The molecule has 0 radical (unpaired) electrons. The summed E-state index contributed by atoms with van der Waals surface area (Å²) < 4.78 is 1.48. The van der Waals surface area contributed by atoms with Crippen molar-refractivity contribution in [1.29, 1.82) is 0 Å². The zero-order valence-corrected chi connectivity index (χ0v) is 7.68. The van der Waals surface area contributed by atoms with Gasteiger partial charge in [0, 0.05) is 5.38 Å².